The van der Waals surface area contributed by atoms with Gasteiger partial charge in [-0.15, -0.1) is 0 Å². The normalized spacial score (nSPS) is 30.2. The Hall–Kier alpha value is -2.32. The molecule has 0 spiro atoms. The Morgan fingerprint density at radius 2 is 1.60 bits per heavy atom. The summed E-state index contributed by atoms with van der Waals surface area (Å²) in [5, 5.41) is 0. The molecule has 0 amide bonds. The van der Waals surface area contributed by atoms with E-state index in [1.807, 2.05) is 49.6 Å². The third-order valence-electron chi connectivity index (χ3n) is 5.67. The molecule has 128 valence electrons. The average Bonchev–Trinajstić information content (AvgIpc) is 2.63. The second-order valence-electron chi connectivity index (χ2n) is 7.52. The highest BCUT2D eigenvalue weighted by atomic mass is 16.5. The van der Waals surface area contributed by atoms with Crippen molar-refractivity contribution in [2.24, 2.45) is 11.3 Å². The van der Waals surface area contributed by atoms with Gasteiger partial charge < -0.3 is 9.47 Å². The van der Waals surface area contributed by atoms with Gasteiger partial charge in [0.1, 0.15) is 11.5 Å². The highest BCUT2D eigenvalue weighted by Gasteiger charge is 2.48. The van der Waals surface area contributed by atoms with E-state index in [2.05, 4.69) is 44.2 Å². The van der Waals surface area contributed by atoms with Gasteiger partial charge in [-0.05, 0) is 48.7 Å². The Balaban J connectivity index is 1.60. The number of hydrogen-bond donors (Lipinski definition) is 0. The summed E-state index contributed by atoms with van der Waals surface area (Å²) in [5.74, 6) is 2.05. The van der Waals surface area contributed by atoms with Gasteiger partial charge in [0.15, 0.2) is 0 Å². The molecular formula is C23H24O2. The molecule has 0 heterocycles. The first-order chi connectivity index (χ1) is 12.0. The summed E-state index contributed by atoms with van der Waals surface area (Å²) in [7, 11) is 1.82. The first-order valence-electron chi connectivity index (χ1n) is 8.83. The molecule has 0 saturated heterocycles. The molecular weight excluding hydrogens is 308 g/mol. The lowest BCUT2D eigenvalue weighted by molar-refractivity contribution is -0.0461. The minimum Gasteiger partial charge on any atom is -0.457 e. The van der Waals surface area contributed by atoms with Crippen molar-refractivity contribution < 1.29 is 9.47 Å². The Kier molecular flexibility index (Phi) is 3.81. The molecule has 3 aliphatic carbocycles. The number of allylic oxidation sites excluding steroid dienone is 2. The second kappa shape index (κ2) is 5.89. The third-order valence-corrected chi connectivity index (χ3v) is 5.67. The fourth-order valence-corrected chi connectivity index (χ4v) is 4.17. The Bertz CT molecular complexity index is 819. The average molecular weight is 332 g/mol. The van der Waals surface area contributed by atoms with Gasteiger partial charge in [0, 0.05) is 18.4 Å². The zero-order valence-corrected chi connectivity index (χ0v) is 15.0. The lowest BCUT2D eigenvalue weighted by Crippen LogP contribution is -2.46. The maximum Gasteiger partial charge on any atom is 0.127 e. The first kappa shape index (κ1) is 16.2. The van der Waals surface area contributed by atoms with E-state index >= 15 is 0 Å². The largest absolute Gasteiger partial charge is 0.457 e. The lowest BCUT2D eigenvalue weighted by Gasteiger charge is -2.50. The van der Waals surface area contributed by atoms with Crippen LogP contribution in [0, 0.1) is 11.3 Å². The van der Waals surface area contributed by atoms with Gasteiger partial charge in [0.2, 0.25) is 0 Å². The van der Waals surface area contributed by atoms with Gasteiger partial charge in [-0.25, -0.2) is 0 Å². The number of benzene rings is 2. The van der Waals surface area contributed by atoms with Crippen LogP contribution in [0.2, 0.25) is 0 Å². The molecule has 0 aliphatic heterocycles. The van der Waals surface area contributed by atoms with E-state index in [4.69, 9.17) is 9.47 Å². The molecule has 2 nitrogen and oxygen atoms in total. The smallest absolute Gasteiger partial charge is 0.127 e. The Morgan fingerprint density at radius 1 is 0.920 bits per heavy atom. The van der Waals surface area contributed by atoms with Crippen molar-refractivity contribution in [1.82, 2.24) is 0 Å². The summed E-state index contributed by atoms with van der Waals surface area (Å²) in [6.45, 7) is 4.51. The Morgan fingerprint density at radius 3 is 2.24 bits per heavy atom. The minimum absolute atomic E-state index is 0.0152. The van der Waals surface area contributed by atoms with Crippen LogP contribution < -0.4 is 4.74 Å². The van der Waals surface area contributed by atoms with E-state index in [1.165, 1.54) is 11.1 Å². The van der Waals surface area contributed by atoms with E-state index in [1.54, 1.807) is 0 Å². The van der Waals surface area contributed by atoms with Crippen LogP contribution in [0.15, 0.2) is 72.8 Å². The lowest BCUT2D eigenvalue weighted by atomic mass is 9.59. The van der Waals surface area contributed by atoms with Gasteiger partial charge in [0.05, 0.1) is 5.60 Å². The molecule has 5 rings (SSSR count). The van der Waals surface area contributed by atoms with Crippen LogP contribution >= 0.6 is 0 Å². The van der Waals surface area contributed by atoms with Crippen LogP contribution in [0.5, 0.6) is 11.5 Å². The number of fused-ring (bicyclic) bond motifs is 1. The van der Waals surface area contributed by atoms with Crippen molar-refractivity contribution >= 4 is 5.57 Å². The molecule has 0 aromatic heterocycles. The zero-order chi connectivity index (χ0) is 17.5. The van der Waals surface area contributed by atoms with Crippen LogP contribution in [-0.4, -0.2) is 12.7 Å². The summed E-state index contributed by atoms with van der Waals surface area (Å²) >= 11 is 0. The molecule has 2 aromatic rings. The summed E-state index contributed by atoms with van der Waals surface area (Å²) in [6, 6.07) is 18.3. The summed E-state index contributed by atoms with van der Waals surface area (Å²) in [5.41, 5.74) is 2.56. The van der Waals surface area contributed by atoms with E-state index in [-0.39, 0.29) is 11.0 Å². The van der Waals surface area contributed by atoms with Crippen molar-refractivity contribution in [3.8, 4) is 11.5 Å². The Labute approximate surface area is 149 Å². The predicted octanol–water partition coefficient (Wildman–Crippen LogP) is 5.86. The van der Waals surface area contributed by atoms with Crippen molar-refractivity contribution in [3.05, 3.63) is 78.4 Å². The molecule has 3 atom stereocenters. The van der Waals surface area contributed by atoms with Gasteiger partial charge in [-0.1, -0.05) is 55.5 Å². The monoisotopic (exact) mass is 332 g/mol. The van der Waals surface area contributed by atoms with Crippen molar-refractivity contribution in [1.29, 1.82) is 0 Å². The molecule has 1 unspecified atom stereocenters. The fraction of sp³-hybridized carbons (Fsp3) is 0.304. The summed E-state index contributed by atoms with van der Waals surface area (Å²) in [6.07, 6.45) is 8.03. The molecule has 0 fully saturated rings. The number of ether oxygens (including phenoxy) is 2. The van der Waals surface area contributed by atoms with Crippen LogP contribution in [0.3, 0.4) is 0 Å². The quantitative estimate of drug-likeness (QED) is 0.653. The van der Waals surface area contributed by atoms with Crippen LogP contribution in [-0.2, 0) is 4.74 Å². The van der Waals surface area contributed by atoms with Crippen LogP contribution in [0.1, 0.15) is 25.8 Å². The van der Waals surface area contributed by atoms with E-state index in [9.17, 15) is 0 Å². The molecule has 25 heavy (non-hydrogen) atoms. The molecule has 2 heteroatoms. The number of methoxy groups -OCH3 is 1. The number of para-hydroxylation sites is 1. The summed E-state index contributed by atoms with van der Waals surface area (Å²) < 4.78 is 11.7. The van der Waals surface area contributed by atoms with Crippen LogP contribution in [0.25, 0.3) is 5.57 Å². The first-order valence-corrected chi connectivity index (χ1v) is 8.83. The fourth-order valence-electron chi connectivity index (χ4n) is 4.17. The highest BCUT2D eigenvalue weighted by Crippen LogP contribution is 2.54. The highest BCUT2D eigenvalue weighted by molar-refractivity contribution is 5.75. The van der Waals surface area contributed by atoms with E-state index < -0.39 is 0 Å². The van der Waals surface area contributed by atoms with Crippen molar-refractivity contribution in [2.45, 2.75) is 25.9 Å². The molecule has 0 N–H and O–H groups in total. The van der Waals surface area contributed by atoms with Crippen molar-refractivity contribution in [2.75, 3.05) is 7.11 Å². The number of rotatable bonds is 4. The molecule has 3 aliphatic rings. The van der Waals surface area contributed by atoms with Gasteiger partial charge in [0.25, 0.3) is 0 Å². The van der Waals surface area contributed by atoms with Crippen LogP contribution in [0.4, 0.5) is 0 Å². The van der Waals surface area contributed by atoms with Gasteiger partial charge >= 0.3 is 0 Å². The zero-order valence-electron chi connectivity index (χ0n) is 15.0. The maximum atomic E-state index is 5.90. The molecule has 2 bridgehead atoms. The van der Waals surface area contributed by atoms with E-state index in [0.29, 0.717) is 5.92 Å². The topological polar surface area (TPSA) is 18.5 Å². The molecule has 2 aromatic carbocycles. The standard InChI is InChI=1S/C23H24O2/c1-22-14-13-18(23(2,16-22)24-3)15-21(22)17-9-11-20(12-10-17)25-19-7-5-4-6-8-19/h4-15,18H,16H2,1-3H3/t18-,22-,23?/m1/s1. The maximum absolute atomic E-state index is 5.90. The number of hydrogen-bond acceptors (Lipinski definition) is 2. The molecule has 0 radical (unpaired) electrons. The summed E-state index contributed by atoms with van der Waals surface area (Å²) in [4.78, 5) is 0. The third kappa shape index (κ3) is 2.81. The predicted molar refractivity (Wildman–Crippen MR) is 102 cm³/mol. The molecule has 0 saturated carbocycles. The van der Waals surface area contributed by atoms with Gasteiger partial charge in [-0.2, -0.15) is 0 Å². The minimum atomic E-state index is -0.108. The van der Waals surface area contributed by atoms with Gasteiger partial charge in [-0.3, -0.25) is 0 Å². The van der Waals surface area contributed by atoms with Crippen molar-refractivity contribution in [3.63, 3.8) is 0 Å². The second-order valence-corrected chi connectivity index (χ2v) is 7.52. The SMILES string of the molecule is COC1(C)C[C@@]2(C)C=C[C@@H]1C=C2c1ccc(Oc2ccccc2)cc1. The van der Waals surface area contributed by atoms with E-state index in [0.717, 1.165) is 17.9 Å².